The normalized spacial score (nSPS) is 13.5. The third-order valence-electron chi connectivity index (χ3n) is 5.10. The molecule has 1 aliphatic rings. The number of anilines is 2. The topological polar surface area (TPSA) is 73.2 Å². The molecular weight excluding hydrogens is 393 g/mol. The molecule has 0 aromatic heterocycles. The zero-order valence-electron chi connectivity index (χ0n) is 16.9. The van der Waals surface area contributed by atoms with Gasteiger partial charge in [-0.2, -0.15) is 5.26 Å². The van der Waals surface area contributed by atoms with Gasteiger partial charge >= 0.3 is 0 Å². The van der Waals surface area contributed by atoms with Gasteiger partial charge in [-0.3, -0.25) is 9.59 Å². The first kappa shape index (κ1) is 20.0. The van der Waals surface area contributed by atoms with Crippen LogP contribution in [-0.4, -0.2) is 11.8 Å². The van der Waals surface area contributed by atoms with Crippen LogP contribution in [0.1, 0.15) is 22.3 Å². The molecule has 0 radical (unpaired) electrons. The Morgan fingerprint density at radius 3 is 2.19 bits per heavy atom. The molecule has 31 heavy (non-hydrogen) atoms. The third kappa shape index (κ3) is 3.69. The van der Waals surface area contributed by atoms with Crippen molar-refractivity contribution in [3.63, 3.8) is 0 Å². The maximum atomic E-state index is 13.4. The predicted molar refractivity (Wildman–Crippen MR) is 117 cm³/mol. The number of nitrogens with one attached hydrogen (secondary N) is 1. The van der Waals surface area contributed by atoms with Crippen molar-refractivity contribution >= 4 is 28.8 Å². The lowest BCUT2D eigenvalue weighted by Gasteiger charge is -2.15. The zero-order valence-corrected chi connectivity index (χ0v) is 16.9. The summed E-state index contributed by atoms with van der Waals surface area (Å²) in [6.45, 7) is 3.83. The summed E-state index contributed by atoms with van der Waals surface area (Å²) >= 11 is 0. The molecule has 0 saturated carbocycles. The van der Waals surface area contributed by atoms with Crippen LogP contribution in [0.3, 0.4) is 0 Å². The molecule has 152 valence electrons. The van der Waals surface area contributed by atoms with Crippen LogP contribution < -0.4 is 10.2 Å². The van der Waals surface area contributed by atoms with E-state index in [1.165, 1.54) is 24.3 Å². The number of imide groups is 1. The summed E-state index contributed by atoms with van der Waals surface area (Å²) in [5.41, 5.74) is 4.18. The molecule has 5 nitrogen and oxygen atoms in total. The third-order valence-corrected chi connectivity index (χ3v) is 5.10. The predicted octanol–water partition coefficient (Wildman–Crippen LogP) is 4.71. The Balaban J connectivity index is 1.83. The summed E-state index contributed by atoms with van der Waals surface area (Å²) in [6, 6.07) is 19.5. The summed E-state index contributed by atoms with van der Waals surface area (Å²) in [5.74, 6) is -1.39. The Labute approximate surface area is 179 Å². The fourth-order valence-corrected chi connectivity index (χ4v) is 3.59. The van der Waals surface area contributed by atoms with E-state index in [1.807, 2.05) is 38.1 Å². The molecule has 0 atom stereocenters. The lowest BCUT2D eigenvalue weighted by atomic mass is 9.97. The van der Waals surface area contributed by atoms with Crippen molar-refractivity contribution in [3.05, 3.63) is 100 Å². The summed E-state index contributed by atoms with van der Waals surface area (Å²) in [6.07, 6.45) is 0. The quantitative estimate of drug-likeness (QED) is 0.631. The molecule has 0 saturated heterocycles. The summed E-state index contributed by atoms with van der Waals surface area (Å²) in [4.78, 5) is 27.9. The van der Waals surface area contributed by atoms with Crippen molar-refractivity contribution in [1.82, 2.24) is 0 Å². The van der Waals surface area contributed by atoms with Crippen LogP contribution in [0, 0.1) is 31.0 Å². The van der Waals surface area contributed by atoms with E-state index < -0.39 is 17.6 Å². The van der Waals surface area contributed by atoms with E-state index in [0.717, 1.165) is 16.0 Å². The van der Waals surface area contributed by atoms with Crippen molar-refractivity contribution in [1.29, 1.82) is 5.26 Å². The molecule has 2 amide bonds. The number of aryl methyl sites for hydroxylation is 2. The number of carbonyl (C=O) groups is 2. The molecular formula is C25H18FN3O2. The first-order valence-corrected chi connectivity index (χ1v) is 9.62. The minimum Gasteiger partial charge on any atom is -0.350 e. The van der Waals surface area contributed by atoms with E-state index >= 15 is 0 Å². The molecule has 3 aromatic rings. The fourth-order valence-electron chi connectivity index (χ4n) is 3.59. The Bertz CT molecular complexity index is 1270. The number of nitrogens with zero attached hydrogens (tertiary/aromatic N) is 2. The Morgan fingerprint density at radius 1 is 0.903 bits per heavy atom. The van der Waals surface area contributed by atoms with Crippen molar-refractivity contribution in [2.24, 2.45) is 0 Å². The Kier molecular flexibility index (Phi) is 5.10. The van der Waals surface area contributed by atoms with Crippen LogP contribution in [0.2, 0.25) is 0 Å². The highest BCUT2D eigenvalue weighted by Gasteiger charge is 2.40. The highest BCUT2D eigenvalue weighted by molar-refractivity contribution is 6.46. The SMILES string of the molecule is Cc1ccc(C2=C(Nc3ccc(F)cc3)C(=O)N(c3ccc(C#N)cc3)C2=O)c(C)c1. The van der Waals surface area contributed by atoms with Gasteiger partial charge in [0.05, 0.1) is 22.9 Å². The number of halogens is 1. The first-order valence-electron chi connectivity index (χ1n) is 9.62. The van der Waals surface area contributed by atoms with Gasteiger partial charge in [0.25, 0.3) is 11.8 Å². The van der Waals surface area contributed by atoms with Crippen LogP contribution in [0.15, 0.2) is 72.4 Å². The van der Waals surface area contributed by atoms with E-state index in [9.17, 15) is 14.0 Å². The van der Waals surface area contributed by atoms with Gasteiger partial charge in [0.15, 0.2) is 0 Å². The van der Waals surface area contributed by atoms with Crippen molar-refractivity contribution < 1.29 is 14.0 Å². The van der Waals surface area contributed by atoms with Gasteiger partial charge in [0.2, 0.25) is 0 Å². The average molecular weight is 411 g/mol. The summed E-state index contributed by atoms with van der Waals surface area (Å²) in [5, 5.41) is 12.0. The van der Waals surface area contributed by atoms with Gasteiger partial charge in [-0.15, -0.1) is 0 Å². The van der Waals surface area contributed by atoms with Crippen LogP contribution in [0.4, 0.5) is 15.8 Å². The molecule has 3 aromatic carbocycles. The molecule has 4 rings (SSSR count). The van der Waals surface area contributed by atoms with Crippen molar-refractivity contribution in [3.8, 4) is 6.07 Å². The molecule has 0 aliphatic carbocycles. The summed E-state index contributed by atoms with van der Waals surface area (Å²) < 4.78 is 13.3. The molecule has 0 fully saturated rings. The van der Waals surface area contributed by atoms with Crippen LogP contribution in [-0.2, 0) is 9.59 Å². The van der Waals surface area contributed by atoms with Gasteiger partial charge < -0.3 is 5.32 Å². The number of carbonyl (C=O) groups excluding carboxylic acids is 2. The van der Waals surface area contributed by atoms with E-state index in [4.69, 9.17) is 5.26 Å². The Morgan fingerprint density at radius 2 is 1.58 bits per heavy atom. The standard InChI is InChI=1S/C25H18FN3O2/c1-15-3-12-21(16(2)13-15)22-23(28-19-8-6-18(26)7-9-19)25(31)29(24(22)30)20-10-4-17(14-27)5-11-20/h3-13,28H,1-2H3. The maximum Gasteiger partial charge on any atom is 0.282 e. The van der Waals surface area contributed by atoms with E-state index in [-0.39, 0.29) is 11.3 Å². The van der Waals surface area contributed by atoms with E-state index in [1.54, 1.807) is 24.3 Å². The molecule has 6 heteroatoms. The number of nitriles is 1. The lowest BCUT2D eigenvalue weighted by molar-refractivity contribution is -0.120. The lowest BCUT2D eigenvalue weighted by Crippen LogP contribution is -2.32. The molecule has 0 spiro atoms. The second kappa shape index (κ2) is 7.88. The zero-order chi connectivity index (χ0) is 22.1. The van der Waals surface area contributed by atoms with Crippen molar-refractivity contribution in [2.75, 3.05) is 10.2 Å². The average Bonchev–Trinajstić information content (AvgIpc) is 2.99. The van der Waals surface area contributed by atoms with E-state index in [2.05, 4.69) is 5.32 Å². The first-order chi connectivity index (χ1) is 14.9. The van der Waals surface area contributed by atoms with Gasteiger partial charge in [-0.05, 0) is 73.5 Å². The van der Waals surface area contributed by atoms with E-state index in [0.29, 0.717) is 22.5 Å². The van der Waals surface area contributed by atoms with Crippen molar-refractivity contribution in [2.45, 2.75) is 13.8 Å². The van der Waals surface area contributed by atoms with Gasteiger partial charge in [-0.25, -0.2) is 9.29 Å². The second-order valence-electron chi connectivity index (χ2n) is 7.30. The van der Waals surface area contributed by atoms with Gasteiger partial charge in [0, 0.05) is 5.69 Å². The smallest absolute Gasteiger partial charge is 0.282 e. The molecule has 1 aliphatic heterocycles. The van der Waals surface area contributed by atoms with Crippen LogP contribution in [0.25, 0.3) is 5.57 Å². The van der Waals surface area contributed by atoms with Gasteiger partial charge in [0.1, 0.15) is 11.5 Å². The Hall–Kier alpha value is -4.24. The number of benzene rings is 3. The number of amides is 2. The fraction of sp³-hybridized carbons (Fsp3) is 0.0800. The van der Waals surface area contributed by atoms with Crippen LogP contribution in [0.5, 0.6) is 0 Å². The maximum absolute atomic E-state index is 13.4. The molecule has 0 unspecified atom stereocenters. The largest absolute Gasteiger partial charge is 0.350 e. The summed E-state index contributed by atoms with van der Waals surface area (Å²) in [7, 11) is 0. The minimum atomic E-state index is -0.519. The monoisotopic (exact) mass is 411 g/mol. The number of hydrogen-bond acceptors (Lipinski definition) is 4. The molecule has 1 heterocycles. The molecule has 1 N–H and O–H groups in total. The number of rotatable bonds is 4. The highest BCUT2D eigenvalue weighted by Crippen LogP contribution is 2.35. The minimum absolute atomic E-state index is 0.118. The molecule has 0 bridgehead atoms. The van der Waals surface area contributed by atoms with Crippen LogP contribution >= 0.6 is 0 Å². The number of hydrogen-bond donors (Lipinski definition) is 1. The van der Waals surface area contributed by atoms with Gasteiger partial charge in [-0.1, -0.05) is 23.8 Å². The highest BCUT2D eigenvalue weighted by atomic mass is 19.1. The second-order valence-corrected chi connectivity index (χ2v) is 7.30.